The summed E-state index contributed by atoms with van der Waals surface area (Å²) in [5.74, 6) is -4.76. The molecule has 0 spiro atoms. The maximum absolute atomic E-state index is 12.4. The van der Waals surface area contributed by atoms with Crippen molar-refractivity contribution in [1.29, 1.82) is 0 Å². The molecule has 0 saturated carbocycles. The summed E-state index contributed by atoms with van der Waals surface area (Å²) < 4.78 is 42.1. The second-order valence-electron chi connectivity index (χ2n) is 5.56. The number of likely N-dealkylation sites (tertiary alicyclic amines) is 1. The van der Waals surface area contributed by atoms with Crippen molar-refractivity contribution in [3.8, 4) is 0 Å². The van der Waals surface area contributed by atoms with Crippen LogP contribution >= 0.6 is 0 Å². The van der Waals surface area contributed by atoms with Gasteiger partial charge in [0, 0.05) is 19.5 Å². The number of carbonyl (C=O) groups is 3. The number of halogens is 3. The van der Waals surface area contributed by atoms with Crippen molar-refractivity contribution >= 4 is 17.7 Å². The van der Waals surface area contributed by atoms with E-state index in [0.717, 1.165) is 4.90 Å². The number of rotatable bonds is 1. The third kappa shape index (κ3) is 4.21. The quantitative estimate of drug-likeness (QED) is 0.694. The minimum atomic E-state index is -5.09. The van der Waals surface area contributed by atoms with Crippen molar-refractivity contribution in [2.45, 2.75) is 39.0 Å². The van der Waals surface area contributed by atoms with Crippen LogP contribution < -0.4 is 0 Å². The van der Waals surface area contributed by atoms with E-state index >= 15 is 0 Å². The molecule has 0 aromatic rings. The molecule has 1 amide bonds. The molecule has 1 rings (SSSR count). The minimum Gasteiger partial charge on any atom is -0.444 e. The number of alkyl halides is 3. The number of ether oxygens (including phenoxy) is 1. The zero-order valence-electron chi connectivity index (χ0n) is 11.4. The van der Waals surface area contributed by atoms with Gasteiger partial charge in [0.25, 0.3) is 0 Å². The molecule has 1 heterocycles. The van der Waals surface area contributed by atoms with Crippen molar-refractivity contribution in [2.75, 3.05) is 13.1 Å². The Bertz CT molecular complexity index is 425. The van der Waals surface area contributed by atoms with Crippen molar-refractivity contribution in [2.24, 2.45) is 5.92 Å². The molecule has 1 saturated heterocycles. The van der Waals surface area contributed by atoms with Crippen LogP contribution in [0.25, 0.3) is 0 Å². The van der Waals surface area contributed by atoms with E-state index in [1.54, 1.807) is 20.8 Å². The fourth-order valence-corrected chi connectivity index (χ4v) is 1.75. The Hall–Kier alpha value is -1.60. The van der Waals surface area contributed by atoms with E-state index in [0.29, 0.717) is 0 Å². The smallest absolute Gasteiger partial charge is 0.444 e. The van der Waals surface area contributed by atoms with Crippen LogP contribution in [0.4, 0.5) is 18.0 Å². The van der Waals surface area contributed by atoms with Crippen LogP contribution in [0, 0.1) is 5.92 Å². The summed E-state index contributed by atoms with van der Waals surface area (Å²) in [6.07, 6.45) is -6.20. The molecular formula is C12H16F3NO4. The van der Waals surface area contributed by atoms with Gasteiger partial charge in [-0.2, -0.15) is 13.2 Å². The Labute approximate surface area is 114 Å². The van der Waals surface area contributed by atoms with Gasteiger partial charge >= 0.3 is 12.3 Å². The zero-order chi connectivity index (χ0) is 15.7. The highest BCUT2D eigenvalue weighted by atomic mass is 19.4. The van der Waals surface area contributed by atoms with E-state index in [4.69, 9.17) is 4.74 Å². The average molecular weight is 295 g/mol. The van der Waals surface area contributed by atoms with Crippen LogP contribution in [0.5, 0.6) is 0 Å². The third-order valence-electron chi connectivity index (χ3n) is 2.67. The number of Topliss-reactive ketones (excluding diaryl/α,β-unsaturated/α-hetero) is 2. The van der Waals surface area contributed by atoms with Crippen LogP contribution in [0.15, 0.2) is 0 Å². The molecule has 8 heteroatoms. The number of hydrogen-bond acceptors (Lipinski definition) is 4. The lowest BCUT2D eigenvalue weighted by Gasteiger charge is -2.32. The van der Waals surface area contributed by atoms with E-state index in [-0.39, 0.29) is 13.0 Å². The molecule has 0 aromatic heterocycles. The lowest BCUT2D eigenvalue weighted by Crippen LogP contribution is -2.50. The molecule has 20 heavy (non-hydrogen) atoms. The van der Waals surface area contributed by atoms with E-state index in [1.807, 2.05) is 0 Å². The van der Waals surface area contributed by atoms with Crippen molar-refractivity contribution < 1.29 is 32.3 Å². The van der Waals surface area contributed by atoms with Crippen LogP contribution in [0.3, 0.4) is 0 Å². The highest BCUT2D eigenvalue weighted by Gasteiger charge is 2.48. The summed E-state index contributed by atoms with van der Waals surface area (Å²) in [5.41, 5.74) is -0.803. The summed E-state index contributed by atoms with van der Waals surface area (Å²) in [6.45, 7) is 4.19. The largest absolute Gasteiger partial charge is 0.450 e. The molecular weight excluding hydrogens is 279 g/mol. The first-order chi connectivity index (χ1) is 8.92. The van der Waals surface area contributed by atoms with Crippen molar-refractivity contribution in [1.82, 2.24) is 4.90 Å². The van der Waals surface area contributed by atoms with Gasteiger partial charge < -0.3 is 9.64 Å². The minimum absolute atomic E-state index is 0.0462. The first-order valence-electron chi connectivity index (χ1n) is 6.03. The number of piperidine rings is 1. The average Bonchev–Trinajstić information content (AvgIpc) is 2.25. The Kier molecular flexibility index (Phi) is 4.45. The predicted octanol–water partition coefficient (Wildman–Crippen LogP) is 1.94. The highest BCUT2D eigenvalue weighted by Crippen LogP contribution is 2.26. The van der Waals surface area contributed by atoms with Gasteiger partial charge in [-0.1, -0.05) is 0 Å². The Morgan fingerprint density at radius 2 is 1.80 bits per heavy atom. The Morgan fingerprint density at radius 1 is 1.25 bits per heavy atom. The number of nitrogens with zero attached hydrogens (tertiary/aromatic N) is 1. The van der Waals surface area contributed by atoms with Gasteiger partial charge in [0.05, 0.1) is 0 Å². The maximum atomic E-state index is 12.4. The molecule has 0 bridgehead atoms. The normalized spacial score (nSPS) is 20.8. The lowest BCUT2D eigenvalue weighted by molar-refractivity contribution is -0.178. The van der Waals surface area contributed by atoms with Gasteiger partial charge in [0.2, 0.25) is 5.78 Å². The predicted molar refractivity (Wildman–Crippen MR) is 62.0 cm³/mol. The Balaban J connectivity index is 2.79. The zero-order valence-corrected chi connectivity index (χ0v) is 11.4. The number of amides is 1. The van der Waals surface area contributed by atoms with Crippen LogP contribution in [-0.4, -0.2) is 47.4 Å². The second-order valence-corrected chi connectivity index (χ2v) is 5.56. The maximum Gasteiger partial charge on any atom is 0.450 e. The van der Waals surface area contributed by atoms with Crippen LogP contribution in [0.2, 0.25) is 0 Å². The topological polar surface area (TPSA) is 63.7 Å². The first kappa shape index (κ1) is 16.5. The molecule has 5 nitrogen and oxygen atoms in total. The molecule has 0 unspecified atom stereocenters. The van der Waals surface area contributed by atoms with Gasteiger partial charge in [-0.15, -0.1) is 0 Å². The first-order valence-corrected chi connectivity index (χ1v) is 6.03. The highest BCUT2D eigenvalue weighted by molar-refractivity contribution is 6.05. The molecule has 1 aliphatic rings. The molecule has 1 fully saturated rings. The lowest BCUT2D eigenvalue weighted by atomic mass is 9.92. The summed E-state index contributed by atoms with van der Waals surface area (Å²) in [6, 6.07) is 0. The summed E-state index contributed by atoms with van der Waals surface area (Å²) in [4.78, 5) is 35.3. The molecule has 114 valence electrons. The van der Waals surface area contributed by atoms with E-state index < -0.39 is 41.9 Å². The van der Waals surface area contributed by atoms with Crippen LogP contribution in [-0.2, 0) is 14.3 Å². The van der Waals surface area contributed by atoms with Gasteiger partial charge in [0.1, 0.15) is 17.3 Å². The molecule has 1 atom stereocenters. The monoisotopic (exact) mass is 295 g/mol. The number of carbonyl (C=O) groups excluding carboxylic acids is 3. The van der Waals surface area contributed by atoms with Crippen molar-refractivity contribution in [3.63, 3.8) is 0 Å². The molecule has 0 aromatic carbocycles. The Morgan fingerprint density at radius 3 is 2.25 bits per heavy atom. The van der Waals surface area contributed by atoms with E-state index in [1.165, 1.54) is 0 Å². The summed E-state index contributed by atoms with van der Waals surface area (Å²) in [5, 5.41) is 0. The number of hydrogen-bond donors (Lipinski definition) is 0. The molecule has 0 N–H and O–H groups in total. The van der Waals surface area contributed by atoms with Crippen LogP contribution in [0.1, 0.15) is 27.2 Å². The summed E-state index contributed by atoms with van der Waals surface area (Å²) in [7, 11) is 0. The third-order valence-corrected chi connectivity index (χ3v) is 2.67. The SMILES string of the molecule is CC(C)(C)OC(=O)N1CCC(=O)[C@H](C(=O)C(F)(F)F)C1. The molecule has 1 aliphatic heterocycles. The second kappa shape index (κ2) is 5.41. The molecule has 0 radical (unpaired) electrons. The summed E-state index contributed by atoms with van der Waals surface area (Å²) >= 11 is 0. The van der Waals surface area contributed by atoms with E-state index in [2.05, 4.69) is 0 Å². The van der Waals surface area contributed by atoms with Gasteiger partial charge in [-0.3, -0.25) is 9.59 Å². The van der Waals surface area contributed by atoms with Gasteiger partial charge in [-0.25, -0.2) is 4.79 Å². The fourth-order valence-electron chi connectivity index (χ4n) is 1.75. The van der Waals surface area contributed by atoms with Gasteiger partial charge in [-0.05, 0) is 20.8 Å². The fraction of sp³-hybridized carbons (Fsp3) is 0.750. The van der Waals surface area contributed by atoms with Crippen molar-refractivity contribution in [3.05, 3.63) is 0 Å². The number of ketones is 2. The standard InChI is InChI=1S/C12H16F3NO4/c1-11(2,3)20-10(19)16-5-4-8(17)7(6-16)9(18)12(13,14)15/h7H,4-6H2,1-3H3/t7-/m1/s1. The molecule has 0 aliphatic carbocycles. The van der Waals surface area contributed by atoms with E-state index in [9.17, 15) is 27.6 Å². The van der Waals surface area contributed by atoms with Gasteiger partial charge in [0.15, 0.2) is 0 Å².